The molecule has 2 aliphatic carbocycles. The number of allylic oxidation sites excluding steroid dienone is 2. The monoisotopic (exact) mass is 345 g/mol. The molecule has 5 atom stereocenters. The maximum absolute atomic E-state index is 11.8. The Labute approximate surface area is 148 Å². The summed E-state index contributed by atoms with van der Waals surface area (Å²) in [5.74, 6) is 0.424. The number of cyclic esters (lactones) is 1. The zero-order valence-corrected chi connectivity index (χ0v) is 15.1. The van der Waals surface area contributed by atoms with Gasteiger partial charge in [-0.05, 0) is 49.4 Å². The van der Waals surface area contributed by atoms with Crippen LogP contribution in [-0.4, -0.2) is 36.1 Å². The predicted octanol–water partition coefficient (Wildman–Crippen LogP) is 3.00. The van der Waals surface area contributed by atoms with E-state index in [9.17, 15) is 9.90 Å². The third-order valence-corrected chi connectivity index (χ3v) is 7.25. The third-order valence-electron chi connectivity index (χ3n) is 7.25. The van der Waals surface area contributed by atoms with Crippen molar-refractivity contribution in [1.29, 1.82) is 0 Å². The molecule has 2 aliphatic heterocycles. The van der Waals surface area contributed by atoms with E-state index in [2.05, 4.69) is 25.6 Å². The average Bonchev–Trinajstić information content (AvgIpc) is 3.10. The van der Waals surface area contributed by atoms with Gasteiger partial charge in [0.25, 0.3) is 0 Å². The molecule has 1 N–H and O–H groups in total. The zero-order valence-electron chi connectivity index (χ0n) is 15.1. The second-order valence-corrected chi connectivity index (χ2v) is 8.55. The molecule has 2 heterocycles. The summed E-state index contributed by atoms with van der Waals surface area (Å²) in [6, 6.07) is 0. The van der Waals surface area contributed by atoms with Crippen molar-refractivity contribution in [3.05, 3.63) is 23.8 Å². The Kier molecular flexibility index (Phi) is 3.83. The number of carbonyl (C=O) groups excluding carboxylic acids is 1. The van der Waals surface area contributed by atoms with Gasteiger partial charge in [-0.2, -0.15) is 0 Å². The molecule has 5 heteroatoms. The van der Waals surface area contributed by atoms with E-state index in [0.717, 1.165) is 32.1 Å². The van der Waals surface area contributed by atoms with E-state index in [1.54, 1.807) is 0 Å². The summed E-state index contributed by atoms with van der Waals surface area (Å²) in [6.07, 6.45) is 5.98. The first-order valence-electron chi connectivity index (χ1n) is 9.28. The molecular weight excluding hydrogens is 318 g/mol. The summed E-state index contributed by atoms with van der Waals surface area (Å²) < 4.78 is 4.94. The Balaban J connectivity index is 1.63. The molecule has 0 aromatic heterocycles. The SMILES string of the molecule is C=C1CC[C@H]2[C@@](C)(CCC3=NOC[C@]32C)[C@@H]1CC=C1C(=O)OCC1O. The molecular formula is C20H27NO4. The summed E-state index contributed by atoms with van der Waals surface area (Å²) in [4.78, 5) is 17.3. The Morgan fingerprint density at radius 2 is 2.20 bits per heavy atom. The lowest BCUT2D eigenvalue weighted by molar-refractivity contribution is -0.135. The maximum atomic E-state index is 11.8. The lowest BCUT2D eigenvalue weighted by Crippen LogP contribution is -2.54. The zero-order chi connectivity index (χ0) is 17.8. The molecule has 3 fully saturated rings. The molecule has 1 unspecified atom stereocenters. The molecule has 0 bridgehead atoms. The minimum Gasteiger partial charge on any atom is -0.459 e. The number of fused-ring (bicyclic) bond motifs is 3. The van der Waals surface area contributed by atoms with Gasteiger partial charge in [0.15, 0.2) is 0 Å². The van der Waals surface area contributed by atoms with Crippen LogP contribution in [0.1, 0.15) is 46.0 Å². The van der Waals surface area contributed by atoms with E-state index in [0.29, 0.717) is 24.0 Å². The van der Waals surface area contributed by atoms with Gasteiger partial charge in [-0.25, -0.2) is 4.79 Å². The van der Waals surface area contributed by atoms with E-state index >= 15 is 0 Å². The van der Waals surface area contributed by atoms with Crippen LogP contribution in [0, 0.1) is 22.7 Å². The van der Waals surface area contributed by atoms with E-state index in [1.807, 2.05) is 6.08 Å². The van der Waals surface area contributed by atoms with Gasteiger partial charge in [-0.3, -0.25) is 0 Å². The van der Waals surface area contributed by atoms with E-state index < -0.39 is 6.10 Å². The van der Waals surface area contributed by atoms with Crippen LogP contribution in [0.25, 0.3) is 0 Å². The third kappa shape index (κ3) is 2.39. The predicted molar refractivity (Wildman–Crippen MR) is 93.9 cm³/mol. The molecule has 0 spiro atoms. The van der Waals surface area contributed by atoms with Crippen molar-refractivity contribution in [2.24, 2.45) is 27.8 Å². The van der Waals surface area contributed by atoms with Crippen molar-refractivity contribution in [2.75, 3.05) is 13.2 Å². The highest BCUT2D eigenvalue weighted by molar-refractivity contribution is 5.92. The molecule has 0 aromatic carbocycles. The van der Waals surface area contributed by atoms with E-state index in [1.165, 1.54) is 11.3 Å². The first-order valence-corrected chi connectivity index (χ1v) is 9.28. The van der Waals surface area contributed by atoms with Crippen molar-refractivity contribution in [1.82, 2.24) is 0 Å². The Morgan fingerprint density at radius 3 is 2.92 bits per heavy atom. The van der Waals surface area contributed by atoms with Crippen molar-refractivity contribution in [3.63, 3.8) is 0 Å². The Morgan fingerprint density at radius 1 is 1.40 bits per heavy atom. The average molecular weight is 345 g/mol. The van der Waals surface area contributed by atoms with Crippen molar-refractivity contribution < 1.29 is 19.5 Å². The van der Waals surface area contributed by atoms with Crippen LogP contribution in [0.4, 0.5) is 0 Å². The number of aliphatic hydroxyl groups excluding tert-OH is 1. The molecule has 0 radical (unpaired) electrons. The number of aliphatic hydroxyl groups is 1. The van der Waals surface area contributed by atoms with Crippen molar-refractivity contribution >= 4 is 11.7 Å². The highest BCUT2D eigenvalue weighted by atomic mass is 16.6. The fourth-order valence-electron chi connectivity index (χ4n) is 5.75. The maximum Gasteiger partial charge on any atom is 0.336 e. The van der Waals surface area contributed by atoms with Crippen LogP contribution < -0.4 is 0 Å². The quantitative estimate of drug-likeness (QED) is 0.475. The molecule has 0 aromatic rings. The van der Waals surface area contributed by atoms with Crippen LogP contribution in [0.2, 0.25) is 0 Å². The summed E-state index contributed by atoms with van der Waals surface area (Å²) in [5, 5.41) is 14.3. The minimum atomic E-state index is -0.793. The largest absolute Gasteiger partial charge is 0.459 e. The van der Waals surface area contributed by atoms with Crippen LogP contribution in [0.15, 0.2) is 29.0 Å². The standard InChI is InChI=1S/C20H27NO4/c1-12-4-7-16-19(2,9-8-17-20(16,3)11-25-21-17)14(12)6-5-13-15(22)10-24-18(13)23/h5,14-16,22H,1,4,6-11H2,2-3H3/t14-,15?,16+,19+,20+/m1/s1. The molecule has 0 amide bonds. The van der Waals surface area contributed by atoms with Crippen LogP contribution in [0.3, 0.4) is 0 Å². The van der Waals surface area contributed by atoms with Crippen LogP contribution in [-0.2, 0) is 14.4 Å². The fourth-order valence-corrected chi connectivity index (χ4v) is 5.75. The van der Waals surface area contributed by atoms with Gasteiger partial charge < -0.3 is 14.7 Å². The molecule has 4 rings (SSSR count). The molecule has 4 aliphatic rings. The Bertz CT molecular complexity index is 681. The van der Waals surface area contributed by atoms with Gasteiger partial charge in [0.05, 0.1) is 11.3 Å². The van der Waals surface area contributed by atoms with E-state index in [-0.39, 0.29) is 23.4 Å². The number of nitrogens with zero attached hydrogens (tertiary/aromatic N) is 1. The first kappa shape index (κ1) is 16.8. The minimum absolute atomic E-state index is 0.0187. The van der Waals surface area contributed by atoms with Crippen LogP contribution >= 0.6 is 0 Å². The van der Waals surface area contributed by atoms with E-state index in [4.69, 9.17) is 9.57 Å². The number of rotatable bonds is 2. The van der Waals surface area contributed by atoms with Gasteiger partial charge in [0.2, 0.25) is 0 Å². The Hall–Kier alpha value is -1.62. The topological polar surface area (TPSA) is 68.1 Å². The van der Waals surface area contributed by atoms with Gasteiger partial charge >= 0.3 is 5.97 Å². The second-order valence-electron chi connectivity index (χ2n) is 8.55. The van der Waals surface area contributed by atoms with Gasteiger partial charge in [0, 0.05) is 5.41 Å². The lowest BCUT2D eigenvalue weighted by Gasteiger charge is -2.57. The van der Waals surface area contributed by atoms with Crippen molar-refractivity contribution in [2.45, 2.75) is 52.1 Å². The summed E-state index contributed by atoms with van der Waals surface area (Å²) in [6.45, 7) is 9.77. The molecule has 25 heavy (non-hydrogen) atoms. The smallest absolute Gasteiger partial charge is 0.336 e. The molecule has 136 valence electrons. The highest BCUT2D eigenvalue weighted by Crippen LogP contribution is 2.61. The number of hydrogen-bond acceptors (Lipinski definition) is 5. The normalized spacial score (nSPS) is 44.8. The highest BCUT2D eigenvalue weighted by Gasteiger charge is 2.58. The van der Waals surface area contributed by atoms with Gasteiger partial charge in [0.1, 0.15) is 19.3 Å². The number of esters is 1. The number of ether oxygens (including phenoxy) is 1. The summed E-state index contributed by atoms with van der Waals surface area (Å²) >= 11 is 0. The van der Waals surface area contributed by atoms with Crippen LogP contribution in [0.5, 0.6) is 0 Å². The molecule has 1 saturated heterocycles. The number of hydrogen-bond donors (Lipinski definition) is 1. The van der Waals surface area contributed by atoms with Gasteiger partial charge in [-0.15, -0.1) is 0 Å². The van der Waals surface area contributed by atoms with Gasteiger partial charge in [-0.1, -0.05) is 37.2 Å². The molecule has 5 nitrogen and oxygen atoms in total. The lowest BCUT2D eigenvalue weighted by atomic mass is 9.46. The summed E-state index contributed by atoms with van der Waals surface area (Å²) in [5.41, 5.74) is 3.02. The summed E-state index contributed by atoms with van der Waals surface area (Å²) in [7, 11) is 0. The number of oxime groups is 1. The molecule has 2 saturated carbocycles. The van der Waals surface area contributed by atoms with Crippen molar-refractivity contribution in [3.8, 4) is 0 Å². The fraction of sp³-hybridized carbons (Fsp3) is 0.700. The number of carbonyl (C=O) groups is 1. The first-order chi connectivity index (χ1) is 11.9. The second kappa shape index (κ2) is 5.70.